The lowest BCUT2D eigenvalue weighted by Crippen LogP contribution is -2.34. The number of benzene rings is 1. The van der Waals surface area contributed by atoms with Gasteiger partial charge < -0.3 is 14.7 Å². The number of hydrogen-bond acceptors (Lipinski definition) is 3. The van der Waals surface area contributed by atoms with Crippen LogP contribution in [0.1, 0.15) is 30.6 Å². The predicted molar refractivity (Wildman–Crippen MR) is 66.5 cm³/mol. The van der Waals surface area contributed by atoms with E-state index in [9.17, 15) is 9.90 Å². The maximum absolute atomic E-state index is 12.1. The summed E-state index contributed by atoms with van der Waals surface area (Å²) >= 11 is 0. The van der Waals surface area contributed by atoms with Crippen molar-refractivity contribution in [1.82, 2.24) is 4.90 Å². The Morgan fingerprint density at radius 2 is 2.18 bits per heavy atom. The fraction of sp³-hybridized carbons (Fsp3) is 0.462. The molecule has 1 N–H and O–H groups in total. The first-order valence-corrected chi connectivity index (χ1v) is 5.65. The maximum atomic E-state index is 12.1. The number of amides is 1. The van der Waals surface area contributed by atoms with Crippen LogP contribution in [0.3, 0.4) is 0 Å². The lowest BCUT2D eigenvalue weighted by atomic mass is 10.1. The van der Waals surface area contributed by atoms with Crippen LogP contribution >= 0.6 is 0 Å². The zero-order valence-corrected chi connectivity index (χ0v) is 10.7. The van der Waals surface area contributed by atoms with Gasteiger partial charge in [0.2, 0.25) is 0 Å². The molecule has 1 atom stereocenters. The Morgan fingerprint density at radius 3 is 2.65 bits per heavy atom. The normalized spacial score (nSPS) is 12.0. The van der Waals surface area contributed by atoms with Crippen LogP contribution < -0.4 is 4.74 Å². The van der Waals surface area contributed by atoms with Crippen LogP contribution in [0.15, 0.2) is 18.2 Å². The highest BCUT2D eigenvalue weighted by atomic mass is 16.5. The minimum atomic E-state index is -0.181. The topological polar surface area (TPSA) is 49.8 Å². The number of phenols is 1. The molecule has 0 aliphatic carbocycles. The summed E-state index contributed by atoms with van der Waals surface area (Å²) in [5, 5.41) is 9.77. The Kier molecular flexibility index (Phi) is 4.37. The molecular weight excluding hydrogens is 218 g/mol. The SMILES string of the molecule is CCC(C)N(C)C(=O)c1ccc(OC)cc1O. The Hall–Kier alpha value is -1.71. The molecule has 1 aromatic rings. The molecule has 0 fully saturated rings. The van der Waals surface area contributed by atoms with Gasteiger partial charge in [-0.1, -0.05) is 6.92 Å². The van der Waals surface area contributed by atoms with Gasteiger partial charge >= 0.3 is 0 Å². The summed E-state index contributed by atoms with van der Waals surface area (Å²) in [5.74, 6) is 0.300. The van der Waals surface area contributed by atoms with Crippen LogP contribution in [0, 0.1) is 0 Å². The Balaban J connectivity index is 2.96. The highest BCUT2D eigenvalue weighted by Crippen LogP contribution is 2.24. The van der Waals surface area contributed by atoms with E-state index < -0.39 is 0 Å². The van der Waals surface area contributed by atoms with E-state index in [2.05, 4.69) is 0 Å². The van der Waals surface area contributed by atoms with E-state index in [1.54, 1.807) is 24.1 Å². The van der Waals surface area contributed by atoms with Gasteiger partial charge in [-0.25, -0.2) is 0 Å². The highest BCUT2D eigenvalue weighted by molar-refractivity contribution is 5.97. The molecule has 4 heteroatoms. The number of ether oxygens (including phenoxy) is 1. The fourth-order valence-electron chi connectivity index (χ4n) is 1.48. The van der Waals surface area contributed by atoms with Crippen molar-refractivity contribution in [3.63, 3.8) is 0 Å². The molecule has 0 saturated carbocycles. The zero-order chi connectivity index (χ0) is 13.0. The number of carbonyl (C=O) groups is 1. The average Bonchev–Trinajstić information content (AvgIpc) is 2.35. The summed E-state index contributed by atoms with van der Waals surface area (Å²) in [5.41, 5.74) is 0.300. The molecule has 0 bridgehead atoms. The smallest absolute Gasteiger partial charge is 0.257 e. The van der Waals surface area contributed by atoms with Crippen LogP contribution in [0.4, 0.5) is 0 Å². The van der Waals surface area contributed by atoms with Gasteiger partial charge in [-0.05, 0) is 25.5 Å². The summed E-state index contributed by atoms with van der Waals surface area (Å²) < 4.78 is 4.97. The fourth-order valence-corrected chi connectivity index (χ4v) is 1.48. The molecule has 17 heavy (non-hydrogen) atoms. The summed E-state index contributed by atoms with van der Waals surface area (Å²) in [6.45, 7) is 3.99. The second-order valence-corrected chi connectivity index (χ2v) is 4.06. The first-order valence-electron chi connectivity index (χ1n) is 5.65. The van der Waals surface area contributed by atoms with Crippen molar-refractivity contribution in [2.75, 3.05) is 14.2 Å². The predicted octanol–water partition coefficient (Wildman–Crippen LogP) is 2.27. The Morgan fingerprint density at radius 1 is 1.53 bits per heavy atom. The van der Waals surface area contributed by atoms with Crippen molar-refractivity contribution in [1.29, 1.82) is 0 Å². The standard InChI is InChI=1S/C13H19NO3/c1-5-9(2)14(3)13(16)11-7-6-10(17-4)8-12(11)15/h6-9,15H,5H2,1-4H3. The maximum Gasteiger partial charge on any atom is 0.257 e. The van der Waals surface area contributed by atoms with Gasteiger partial charge in [0.25, 0.3) is 5.91 Å². The summed E-state index contributed by atoms with van der Waals surface area (Å²) in [4.78, 5) is 13.7. The van der Waals surface area contributed by atoms with Gasteiger partial charge in [0.15, 0.2) is 0 Å². The van der Waals surface area contributed by atoms with Crippen molar-refractivity contribution in [2.45, 2.75) is 26.3 Å². The van der Waals surface area contributed by atoms with Gasteiger partial charge in [-0.2, -0.15) is 0 Å². The van der Waals surface area contributed by atoms with E-state index in [1.807, 2.05) is 13.8 Å². The number of phenolic OH excluding ortho intramolecular Hbond substituents is 1. The first-order chi connectivity index (χ1) is 8.01. The van der Waals surface area contributed by atoms with Crippen molar-refractivity contribution in [3.8, 4) is 11.5 Å². The summed E-state index contributed by atoms with van der Waals surface area (Å²) in [6.07, 6.45) is 0.874. The van der Waals surface area contributed by atoms with Gasteiger partial charge in [0.1, 0.15) is 11.5 Å². The molecule has 0 heterocycles. The monoisotopic (exact) mass is 237 g/mol. The van der Waals surface area contributed by atoms with Crippen LogP contribution in [-0.4, -0.2) is 36.1 Å². The summed E-state index contributed by atoms with van der Waals surface area (Å²) in [6, 6.07) is 4.83. The molecule has 1 amide bonds. The van der Waals surface area contributed by atoms with E-state index in [4.69, 9.17) is 4.74 Å². The molecule has 0 aliphatic heterocycles. The van der Waals surface area contributed by atoms with E-state index in [0.717, 1.165) is 6.42 Å². The third-order valence-electron chi connectivity index (χ3n) is 3.01. The quantitative estimate of drug-likeness (QED) is 0.874. The molecule has 1 rings (SSSR count). The molecule has 4 nitrogen and oxygen atoms in total. The number of methoxy groups -OCH3 is 1. The van der Waals surface area contributed by atoms with Gasteiger partial charge in [0, 0.05) is 19.2 Å². The van der Waals surface area contributed by atoms with Crippen LogP contribution in [0.2, 0.25) is 0 Å². The number of hydrogen-bond donors (Lipinski definition) is 1. The first kappa shape index (κ1) is 13.4. The average molecular weight is 237 g/mol. The molecular formula is C13H19NO3. The number of nitrogens with zero attached hydrogens (tertiary/aromatic N) is 1. The van der Waals surface area contributed by atoms with Crippen molar-refractivity contribution >= 4 is 5.91 Å². The van der Waals surface area contributed by atoms with E-state index in [0.29, 0.717) is 11.3 Å². The third-order valence-corrected chi connectivity index (χ3v) is 3.01. The van der Waals surface area contributed by atoms with Crippen LogP contribution in [-0.2, 0) is 0 Å². The molecule has 0 radical (unpaired) electrons. The van der Waals surface area contributed by atoms with Gasteiger partial charge in [-0.15, -0.1) is 0 Å². The lowest BCUT2D eigenvalue weighted by molar-refractivity contribution is 0.0737. The van der Waals surface area contributed by atoms with E-state index in [1.165, 1.54) is 13.2 Å². The van der Waals surface area contributed by atoms with Crippen LogP contribution in [0.5, 0.6) is 11.5 Å². The zero-order valence-electron chi connectivity index (χ0n) is 10.7. The molecule has 0 aliphatic rings. The molecule has 0 aromatic heterocycles. The van der Waals surface area contributed by atoms with Crippen LogP contribution in [0.25, 0.3) is 0 Å². The Bertz CT molecular complexity index is 404. The molecule has 94 valence electrons. The molecule has 1 unspecified atom stereocenters. The third kappa shape index (κ3) is 2.90. The van der Waals surface area contributed by atoms with Gasteiger partial charge in [0.05, 0.1) is 12.7 Å². The minimum absolute atomic E-state index is 0.0514. The minimum Gasteiger partial charge on any atom is -0.507 e. The molecule has 0 saturated heterocycles. The molecule has 0 spiro atoms. The number of rotatable bonds is 4. The van der Waals surface area contributed by atoms with Crippen molar-refractivity contribution < 1.29 is 14.6 Å². The van der Waals surface area contributed by atoms with E-state index in [-0.39, 0.29) is 17.7 Å². The van der Waals surface area contributed by atoms with Crippen molar-refractivity contribution in [2.24, 2.45) is 0 Å². The summed E-state index contributed by atoms with van der Waals surface area (Å²) in [7, 11) is 3.25. The largest absolute Gasteiger partial charge is 0.507 e. The number of carbonyl (C=O) groups excluding carboxylic acids is 1. The second-order valence-electron chi connectivity index (χ2n) is 4.06. The van der Waals surface area contributed by atoms with E-state index >= 15 is 0 Å². The van der Waals surface area contributed by atoms with Gasteiger partial charge in [-0.3, -0.25) is 4.79 Å². The van der Waals surface area contributed by atoms with Crippen molar-refractivity contribution in [3.05, 3.63) is 23.8 Å². The number of aromatic hydroxyl groups is 1. The lowest BCUT2D eigenvalue weighted by Gasteiger charge is -2.24. The molecule has 1 aromatic carbocycles. The second kappa shape index (κ2) is 5.57. The highest BCUT2D eigenvalue weighted by Gasteiger charge is 2.19. The Labute approximate surface area is 102 Å².